The van der Waals surface area contributed by atoms with Crippen LogP contribution in [0.3, 0.4) is 0 Å². The van der Waals surface area contributed by atoms with Crippen molar-refractivity contribution >= 4 is 22.4 Å². The molecule has 2 aromatic heterocycles. The fourth-order valence-electron chi connectivity index (χ4n) is 0.906. The lowest BCUT2D eigenvalue weighted by Gasteiger charge is -1.85. The maximum atomic E-state index is 4.85. The van der Waals surface area contributed by atoms with E-state index < -0.39 is 0 Å². The van der Waals surface area contributed by atoms with Crippen molar-refractivity contribution in [2.75, 3.05) is 6.54 Å². The second kappa shape index (κ2) is 4.89. The molecule has 3 nitrogen and oxygen atoms in total. The van der Waals surface area contributed by atoms with E-state index in [9.17, 15) is 0 Å². The normalized spacial score (nSPS) is 9.46. The number of hydrogen-bond donors (Lipinski definition) is 1. The van der Waals surface area contributed by atoms with Crippen molar-refractivity contribution in [3.05, 3.63) is 22.7 Å². The maximum Gasteiger partial charge on any atom is 0.102 e. The van der Waals surface area contributed by atoms with Crippen LogP contribution in [-0.2, 0) is 0 Å². The highest BCUT2D eigenvalue weighted by molar-refractivity contribution is 7.11. The van der Waals surface area contributed by atoms with Crippen molar-refractivity contribution in [3.63, 3.8) is 0 Å². The molecule has 0 fully saturated rings. The maximum absolute atomic E-state index is 4.85. The minimum absolute atomic E-state index is 0.750. The van der Waals surface area contributed by atoms with Crippen LogP contribution in [0.15, 0.2) is 17.8 Å². The SMILES string of the molecule is CCN.Cc1scc2nccnc12. The fourth-order valence-corrected chi connectivity index (χ4v) is 1.64. The van der Waals surface area contributed by atoms with E-state index in [1.54, 1.807) is 23.7 Å². The van der Waals surface area contributed by atoms with Crippen LogP contribution in [0.4, 0.5) is 0 Å². The van der Waals surface area contributed by atoms with E-state index >= 15 is 0 Å². The lowest BCUT2D eigenvalue weighted by Crippen LogP contribution is -1.87. The smallest absolute Gasteiger partial charge is 0.102 e. The molecule has 0 aromatic carbocycles. The van der Waals surface area contributed by atoms with Gasteiger partial charge >= 0.3 is 0 Å². The third-order valence-electron chi connectivity index (χ3n) is 1.41. The van der Waals surface area contributed by atoms with Crippen molar-refractivity contribution in [2.24, 2.45) is 5.73 Å². The third-order valence-corrected chi connectivity index (χ3v) is 2.30. The number of rotatable bonds is 0. The van der Waals surface area contributed by atoms with Crippen LogP contribution in [0, 0.1) is 6.92 Å². The second-order valence-corrected chi connectivity index (χ2v) is 3.57. The van der Waals surface area contributed by atoms with E-state index in [0.717, 1.165) is 17.6 Å². The number of nitrogens with two attached hydrogens (primary N) is 1. The number of hydrogen-bond acceptors (Lipinski definition) is 4. The van der Waals surface area contributed by atoms with Crippen LogP contribution in [0.2, 0.25) is 0 Å². The molecule has 0 spiro atoms. The molecule has 0 aliphatic carbocycles. The molecule has 0 bridgehead atoms. The predicted molar refractivity (Wildman–Crippen MR) is 56.9 cm³/mol. The first kappa shape index (κ1) is 10.1. The van der Waals surface area contributed by atoms with Crippen LogP contribution in [0.1, 0.15) is 11.8 Å². The number of fused-ring (bicyclic) bond motifs is 1. The summed E-state index contributed by atoms with van der Waals surface area (Å²) in [5, 5.41) is 2.03. The quantitative estimate of drug-likeness (QED) is 0.699. The Morgan fingerprint density at radius 3 is 2.62 bits per heavy atom. The van der Waals surface area contributed by atoms with Gasteiger partial charge in [-0.15, -0.1) is 11.3 Å². The van der Waals surface area contributed by atoms with E-state index in [2.05, 4.69) is 16.9 Å². The van der Waals surface area contributed by atoms with Crippen molar-refractivity contribution in [1.82, 2.24) is 9.97 Å². The molecule has 13 heavy (non-hydrogen) atoms. The summed E-state index contributed by atoms with van der Waals surface area (Å²) >= 11 is 1.69. The fraction of sp³-hybridized carbons (Fsp3) is 0.333. The van der Waals surface area contributed by atoms with Crippen LogP contribution in [-0.4, -0.2) is 16.5 Å². The Labute approximate surface area is 81.6 Å². The average molecular weight is 195 g/mol. The molecule has 4 heteroatoms. The van der Waals surface area contributed by atoms with Crippen LogP contribution >= 0.6 is 11.3 Å². The number of nitrogens with zero attached hydrogens (tertiary/aromatic N) is 2. The Kier molecular flexibility index (Phi) is 3.79. The van der Waals surface area contributed by atoms with E-state index in [1.165, 1.54) is 4.88 Å². The molecule has 2 rings (SSSR count). The molecular formula is C9H13N3S. The zero-order chi connectivity index (χ0) is 9.68. The van der Waals surface area contributed by atoms with Gasteiger partial charge in [-0.05, 0) is 13.5 Å². The molecule has 0 aliphatic heterocycles. The van der Waals surface area contributed by atoms with E-state index in [4.69, 9.17) is 5.73 Å². The molecule has 0 saturated carbocycles. The molecule has 2 N–H and O–H groups in total. The summed E-state index contributed by atoms with van der Waals surface area (Å²) in [4.78, 5) is 9.58. The molecule has 0 saturated heterocycles. The topological polar surface area (TPSA) is 51.8 Å². The predicted octanol–water partition coefficient (Wildman–Crippen LogP) is 1.96. The highest BCUT2D eigenvalue weighted by atomic mass is 32.1. The molecule has 0 atom stereocenters. The Balaban J connectivity index is 0.000000251. The monoisotopic (exact) mass is 195 g/mol. The van der Waals surface area contributed by atoms with Crippen molar-refractivity contribution < 1.29 is 0 Å². The first-order valence-electron chi connectivity index (χ1n) is 4.14. The molecule has 2 heterocycles. The van der Waals surface area contributed by atoms with Gasteiger partial charge in [-0.1, -0.05) is 6.92 Å². The molecule has 0 unspecified atom stereocenters. The average Bonchev–Trinajstić information content (AvgIpc) is 2.50. The number of aryl methyl sites for hydroxylation is 1. The zero-order valence-corrected chi connectivity index (χ0v) is 8.64. The zero-order valence-electron chi connectivity index (χ0n) is 7.82. The molecule has 2 aromatic rings. The minimum Gasteiger partial charge on any atom is -0.331 e. The van der Waals surface area contributed by atoms with Gasteiger partial charge in [0.25, 0.3) is 0 Å². The standard InChI is InChI=1S/C7H6N2S.C2H7N/c1-5-7-6(4-10-5)8-2-3-9-7;1-2-3/h2-4H,1H3;2-3H2,1H3. The van der Waals surface area contributed by atoms with Gasteiger partial charge in [0.15, 0.2) is 0 Å². The van der Waals surface area contributed by atoms with Gasteiger partial charge in [-0.3, -0.25) is 9.97 Å². The van der Waals surface area contributed by atoms with Crippen molar-refractivity contribution in [2.45, 2.75) is 13.8 Å². The molecule has 70 valence electrons. The largest absolute Gasteiger partial charge is 0.331 e. The highest BCUT2D eigenvalue weighted by Gasteiger charge is 1.98. The van der Waals surface area contributed by atoms with Crippen molar-refractivity contribution in [1.29, 1.82) is 0 Å². The Hall–Kier alpha value is -1.00. The highest BCUT2D eigenvalue weighted by Crippen LogP contribution is 2.19. The van der Waals surface area contributed by atoms with Gasteiger partial charge in [0.2, 0.25) is 0 Å². The van der Waals surface area contributed by atoms with Crippen LogP contribution in [0.5, 0.6) is 0 Å². The lowest BCUT2D eigenvalue weighted by molar-refractivity contribution is 1.14. The summed E-state index contributed by atoms with van der Waals surface area (Å²) in [6, 6.07) is 0. The lowest BCUT2D eigenvalue weighted by atomic mass is 10.4. The second-order valence-electron chi connectivity index (χ2n) is 2.49. The molecular weight excluding hydrogens is 182 g/mol. The molecule has 0 radical (unpaired) electrons. The van der Waals surface area contributed by atoms with Gasteiger partial charge in [0.1, 0.15) is 5.52 Å². The van der Waals surface area contributed by atoms with Gasteiger partial charge in [-0.25, -0.2) is 0 Å². The first-order chi connectivity index (χ1) is 6.29. The van der Waals surface area contributed by atoms with Gasteiger partial charge in [-0.2, -0.15) is 0 Å². The molecule has 0 aliphatic rings. The van der Waals surface area contributed by atoms with Crippen LogP contribution < -0.4 is 5.73 Å². The van der Waals surface area contributed by atoms with E-state index in [0.29, 0.717) is 0 Å². The summed E-state index contributed by atoms with van der Waals surface area (Å²) in [7, 11) is 0. The summed E-state index contributed by atoms with van der Waals surface area (Å²) in [5.74, 6) is 0. The summed E-state index contributed by atoms with van der Waals surface area (Å²) in [5.41, 5.74) is 6.89. The summed E-state index contributed by atoms with van der Waals surface area (Å²) in [6.45, 7) is 4.71. The van der Waals surface area contributed by atoms with Gasteiger partial charge in [0, 0.05) is 22.7 Å². The third kappa shape index (κ3) is 2.47. The van der Waals surface area contributed by atoms with Gasteiger partial charge in [0.05, 0.1) is 5.52 Å². The van der Waals surface area contributed by atoms with E-state index in [-0.39, 0.29) is 0 Å². The van der Waals surface area contributed by atoms with Crippen LogP contribution in [0.25, 0.3) is 11.0 Å². The molecule has 0 amide bonds. The van der Waals surface area contributed by atoms with Crippen molar-refractivity contribution in [3.8, 4) is 0 Å². The van der Waals surface area contributed by atoms with Gasteiger partial charge < -0.3 is 5.73 Å². The first-order valence-corrected chi connectivity index (χ1v) is 5.02. The number of thiophene rings is 1. The Morgan fingerprint density at radius 2 is 2.00 bits per heavy atom. The summed E-state index contributed by atoms with van der Waals surface area (Å²) in [6.07, 6.45) is 3.44. The Bertz CT molecular complexity index is 370. The van der Waals surface area contributed by atoms with E-state index in [1.807, 2.05) is 12.3 Å². The summed E-state index contributed by atoms with van der Waals surface area (Å²) < 4.78 is 0. The minimum atomic E-state index is 0.750. The Morgan fingerprint density at radius 1 is 1.38 bits per heavy atom. The number of aromatic nitrogens is 2.